The van der Waals surface area contributed by atoms with Gasteiger partial charge >= 0.3 is 12.1 Å². The number of hydrogen-bond acceptors (Lipinski definition) is 1. The number of hydrogen-bond donors (Lipinski definition) is 0. The summed E-state index contributed by atoms with van der Waals surface area (Å²) in [6, 6.07) is 0. The summed E-state index contributed by atoms with van der Waals surface area (Å²) in [6.07, 6.45) is -4.94. The first-order valence-corrected chi connectivity index (χ1v) is 5.82. The van der Waals surface area contributed by atoms with Gasteiger partial charge in [0.25, 0.3) is 5.92 Å². The standard InChI is InChI=1S/C11H11F7N2/c1-6-4-20(5-7-2-3-9(7,12)13)19-8(6)10(14,15)11(16,17)18/h4,7H,2-3,5H2,1H3. The third-order valence-electron chi connectivity index (χ3n) is 3.43. The zero-order chi connectivity index (χ0) is 15.3. The Bertz CT molecular complexity index is 503. The minimum atomic E-state index is -5.77. The molecule has 0 spiro atoms. The van der Waals surface area contributed by atoms with Crippen LogP contribution in [0.25, 0.3) is 0 Å². The zero-order valence-electron chi connectivity index (χ0n) is 10.3. The fourth-order valence-corrected chi connectivity index (χ4v) is 2.08. The Balaban J connectivity index is 2.22. The van der Waals surface area contributed by atoms with Crippen LogP contribution in [0, 0.1) is 12.8 Å². The molecular weight excluding hydrogens is 293 g/mol. The SMILES string of the molecule is Cc1cn(CC2CCC2(F)F)nc1C(F)(F)C(F)(F)F. The van der Waals surface area contributed by atoms with Gasteiger partial charge in [-0.25, -0.2) is 8.78 Å². The Labute approximate surface area is 109 Å². The predicted octanol–water partition coefficient (Wildman–Crippen LogP) is 3.89. The van der Waals surface area contributed by atoms with Gasteiger partial charge in [0.1, 0.15) is 5.69 Å². The van der Waals surface area contributed by atoms with Crippen molar-refractivity contribution in [1.82, 2.24) is 9.78 Å². The lowest BCUT2D eigenvalue weighted by molar-refractivity contribution is -0.291. The summed E-state index contributed by atoms with van der Waals surface area (Å²) in [5, 5.41) is 3.15. The number of halogens is 7. The second-order valence-electron chi connectivity index (χ2n) is 4.95. The van der Waals surface area contributed by atoms with Crippen molar-refractivity contribution in [3.63, 3.8) is 0 Å². The van der Waals surface area contributed by atoms with E-state index in [4.69, 9.17) is 0 Å². The second-order valence-corrected chi connectivity index (χ2v) is 4.95. The van der Waals surface area contributed by atoms with Crippen LogP contribution in [0.15, 0.2) is 6.20 Å². The van der Waals surface area contributed by atoms with Crippen molar-refractivity contribution in [2.45, 2.75) is 44.3 Å². The molecule has 1 unspecified atom stereocenters. The first-order valence-electron chi connectivity index (χ1n) is 5.82. The minimum Gasteiger partial charge on any atom is -0.271 e. The molecule has 114 valence electrons. The molecule has 0 aliphatic heterocycles. The summed E-state index contributed by atoms with van der Waals surface area (Å²) in [5.41, 5.74) is -1.82. The molecule has 1 heterocycles. The average molecular weight is 304 g/mol. The Hall–Kier alpha value is -1.28. The molecule has 0 bridgehead atoms. The molecule has 1 aromatic rings. The van der Waals surface area contributed by atoms with E-state index in [1.54, 1.807) is 0 Å². The summed E-state index contributed by atoms with van der Waals surface area (Å²) < 4.78 is 89.9. The topological polar surface area (TPSA) is 17.8 Å². The smallest absolute Gasteiger partial charge is 0.271 e. The zero-order valence-corrected chi connectivity index (χ0v) is 10.3. The van der Waals surface area contributed by atoms with Gasteiger partial charge in [-0.2, -0.15) is 27.1 Å². The van der Waals surface area contributed by atoms with Crippen molar-refractivity contribution in [3.8, 4) is 0 Å². The Morgan fingerprint density at radius 2 is 1.90 bits per heavy atom. The minimum absolute atomic E-state index is 0.191. The molecule has 9 heteroatoms. The first kappa shape index (κ1) is 15.1. The fourth-order valence-electron chi connectivity index (χ4n) is 2.08. The molecule has 1 aliphatic carbocycles. The monoisotopic (exact) mass is 304 g/mol. The maximum Gasteiger partial charge on any atom is 0.459 e. The Morgan fingerprint density at radius 3 is 2.30 bits per heavy atom. The molecule has 1 aromatic heterocycles. The van der Waals surface area contributed by atoms with Gasteiger partial charge in [0.05, 0.1) is 0 Å². The number of aryl methyl sites for hydroxylation is 1. The first-order chi connectivity index (χ1) is 8.95. The molecule has 2 rings (SSSR count). The van der Waals surface area contributed by atoms with Gasteiger partial charge in [-0.3, -0.25) is 4.68 Å². The number of nitrogens with zero attached hydrogens (tertiary/aromatic N) is 2. The van der Waals surface area contributed by atoms with E-state index in [0.717, 1.165) is 17.8 Å². The number of rotatable bonds is 3. The number of aromatic nitrogens is 2. The van der Waals surface area contributed by atoms with Crippen molar-refractivity contribution in [2.24, 2.45) is 5.92 Å². The second kappa shape index (κ2) is 4.36. The third-order valence-corrected chi connectivity index (χ3v) is 3.43. The maximum atomic E-state index is 13.2. The molecule has 0 radical (unpaired) electrons. The van der Waals surface area contributed by atoms with Crippen LogP contribution in [-0.4, -0.2) is 21.9 Å². The van der Waals surface area contributed by atoms with Crippen LogP contribution in [0.2, 0.25) is 0 Å². The molecule has 1 aliphatic rings. The van der Waals surface area contributed by atoms with Crippen LogP contribution in [0.5, 0.6) is 0 Å². The summed E-state index contributed by atoms with van der Waals surface area (Å²) in [7, 11) is 0. The summed E-state index contributed by atoms with van der Waals surface area (Å²) in [6.45, 7) is 0.666. The van der Waals surface area contributed by atoms with Crippen molar-refractivity contribution in [1.29, 1.82) is 0 Å². The van der Waals surface area contributed by atoms with Crippen molar-refractivity contribution in [2.75, 3.05) is 0 Å². The molecule has 0 amide bonds. The van der Waals surface area contributed by atoms with E-state index in [1.165, 1.54) is 0 Å². The summed E-state index contributed by atoms with van der Waals surface area (Å²) in [5.74, 6) is -9.08. The highest BCUT2D eigenvalue weighted by atomic mass is 19.4. The molecule has 1 saturated carbocycles. The summed E-state index contributed by atoms with van der Waals surface area (Å²) in [4.78, 5) is 0. The molecule has 1 atom stereocenters. The van der Waals surface area contributed by atoms with Crippen LogP contribution in [0.1, 0.15) is 24.1 Å². The van der Waals surface area contributed by atoms with Gasteiger partial charge in [-0.15, -0.1) is 0 Å². The maximum absolute atomic E-state index is 13.2. The molecule has 0 aromatic carbocycles. The van der Waals surface area contributed by atoms with Gasteiger partial charge in [-0.05, 0) is 18.9 Å². The highest BCUT2D eigenvalue weighted by Gasteiger charge is 2.61. The van der Waals surface area contributed by atoms with Gasteiger partial charge in [-0.1, -0.05) is 0 Å². The van der Waals surface area contributed by atoms with E-state index in [0.29, 0.717) is 0 Å². The highest BCUT2D eigenvalue weighted by molar-refractivity contribution is 5.21. The van der Waals surface area contributed by atoms with Gasteiger partial charge in [0, 0.05) is 25.1 Å². The highest BCUT2D eigenvalue weighted by Crippen LogP contribution is 2.46. The van der Waals surface area contributed by atoms with Gasteiger partial charge < -0.3 is 0 Å². The van der Waals surface area contributed by atoms with Crippen LogP contribution in [-0.2, 0) is 12.5 Å². The normalized spacial score (nSPS) is 22.7. The van der Waals surface area contributed by atoms with Gasteiger partial charge in [0.15, 0.2) is 0 Å². The average Bonchev–Trinajstić information content (AvgIpc) is 2.65. The van der Waals surface area contributed by atoms with Crippen LogP contribution in [0.3, 0.4) is 0 Å². The van der Waals surface area contributed by atoms with Crippen LogP contribution < -0.4 is 0 Å². The molecule has 2 nitrogen and oxygen atoms in total. The molecular formula is C11H11F7N2. The summed E-state index contributed by atoms with van der Waals surface area (Å²) >= 11 is 0. The van der Waals surface area contributed by atoms with E-state index in [9.17, 15) is 30.7 Å². The fraction of sp³-hybridized carbons (Fsp3) is 0.727. The van der Waals surface area contributed by atoms with Crippen molar-refractivity contribution in [3.05, 3.63) is 17.5 Å². The van der Waals surface area contributed by atoms with E-state index in [-0.39, 0.29) is 24.9 Å². The molecule has 0 N–H and O–H groups in total. The lowest BCUT2D eigenvalue weighted by Crippen LogP contribution is -2.41. The lowest BCUT2D eigenvalue weighted by Gasteiger charge is -2.36. The van der Waals surface area contributed by atoms with Crippen molar-refractivity contribution < 1.29 is 30.7 Å². The molecule has 20 heavy (non-hydrogen) atoms. The van der Waals surface area contributed by atoms with E-state index in [2.05, 4.69) is 5.10 Å². The molecule has 1 fully saturated rings. The van der Waals surface area contributed by atoms with E-state index >= 15 is 0 Å². The predicted molar refractivity (Wildman–Crippen MR) is 54.6 cm³/mol. The van der Waals surface area contributed by atoms with Crippen molar-refractivity contribution >= 4 is 0 Å². The van der Waals surface area contributed by atoms with Crippen LogP contribution in [0.4, 0.5) is 30.7 Å². The third kappa shape index (κ3) is 2.37. The quantitative estimate of drug-likeness (QED) is 0.775. The Morgan fingerprint density at radius 1 is 1.30 bits per heavy atom. The van der Waals surface area contributed by atoms with Crippen LogP contribution >= 0.6 is 0 Å². The van der Waals surface area contributed by atoms with E-state index < -0.39 is 29.6 Å². The number of alkyl halides is 7. The lowest BCUT2D eigenvalue weighted by atomic mass is 9.81. The van der Waals surface area contributed by atoms with Gasteiger partial charge in [0.2, 0.25) is 0 Å². The Kier molecular flexibility index (Phi) is 3.29. The largest absolute Gasteiger partial charge is 0.459 e. The molecule has 0 saturated heterocycles. The van der Waals surface area contributed by atoms with E-state index in [1.807, 2.05) is 0 Å².